The van der Waals surface area contributed by atoms with Gasteiger partial charge in [-0.15, -0.1) is 0 Å². The molecular weight excluding hydrogens is 306 g/mol. The molecule has 0 saturated carbocycles. The summed E-state index contributed by atoms with van der Waals surface area (Å²) in [5, 5.41) is 13.1. The molecule has 1 atom stereocenters. The van der Waals surface area contributed by atoms with Crippen LogP contribution in [-0.2, 0) is 23.0 Å². The van der Waals surface area contributed by atoms with Gasteiger partial charge < -0.3 is 10.6 Å². The average Bonchev–Trinajstić information content (AvgIpc) is 3.11. The molecule has 0 aliphatic carbocycles. The molecule has 3 N–H and O–H groups in total. The Balaban J connectivity index is 1.64. The predicted molar refractivity (Wildman–Crippen MR) is 80.9 cm³/mol. The highest BCUT2D eigenvalue weighted by Crippen LogP contribution is 2.20. The normalized spacial score (nSPS) is 22.5. The smallest absolute Gasteiger partial charge is 0.272 e. The molecule has 2 aliphatic rings. The summed E-state index contributed by atoms with van der Waals surface area (Å²) in [6.45, 7) is 2.36. The van der Waals surface area contributed by atoms with Gasteiger partial charge in [0.1, 0.15) is 0 Å². The Morgan fingerprint density at radius 1 is 1.50 bits per heavy atom. The van der Waals surface area contributed by atoms with Crippen molar-refractivity contribution in [3.05, 3.63) is 17.0 Å². The molecule has 22 heavy (non-hydrogen) atoms. The Bertz CT molecular complexity index is 669. The van der Waals surface area contributed by atoms with Crippen molar-refractivity contribution in [2.24, 2.45) is 0 Å². The van der Waals surface area contributed by atoms with Gasteiger partial charge in [-0.1, -0.05) is 0 Å². The summed E-state index contributed by atoms with van der Waals surface area (Å²) in [5.74, 6) is -0.249. The second kappa shape index (κ2) is 5.98. The molecule has 1 fully saturated rings. The number of hydrogen-bond donors (Lipinski definition) is 3. The highest BCUT2D eigenvalue weighted by atomic mass is 32.2. The Morgan fingerprint density at radius 3 is 3.09 bits per heavy atom. The second-order valence-electron chi connectivity index (χ2n) is 5.84. The number of sulfonamides is 1. The summed E-state index contributed by atoms with van der Waals surface area (Å²) >= 11 is 0. The summed E-state index contributed by atoms with van der Waals surface area (Å²) in [7, 11) is -3.22. The van der Waals surface area contributed by atoms with E-state index in [1.54, 1.807) is 0 Å². The van der Waals surface area contributed by atoms with Crippen LogP contribution in [0.3, 0.4) is 0 Å². The van der Waals surface area contributed by atoms with Gasteiger partial charge in [0.2, 0.25) is 10.0 Å². The molecule has 3 heterocycles. The summed E-state index contributed by atoms with van der Waals surface area (Å²) in [4.78, 5) is 12.3. The number of carbonyl (C=O) groups is 1. The molecule has 0 aromatic carbocycles. The van der Waals surface area contributed by atoms with Crippen molar-refractivity contribution in [1.29, 1.82) is 0 Å². The Hall–Kier alpha value is -1.45. The number of H-pyrrole nitrogens is 1. The van der Waals surface area contributed by atoms with E-state index < -0.39 is 10.0 Å². The van der Waals surface area contributed by atoms with E-state index in [9.17, 15) is 13.2 Å². The number of amides is 1. The van der Waals surface area contributed by atoms with Crippen LogP contribution in [0.25, 0.3) is 0 Å². The first-order valence-electron chi connectivity index (χ1n) is 7.48. The maximum atomic E-state index is 12.3. The number of nitrogens with one attached hydrogen (secondary N) is 3. The Kier molecular flexibility index (Phi) is 4.20. The van der Waals surface area contributed by atoms with Gasteiger partial charge >= 0.3 is 0 Å². The monoisotopic (exact) mass is 327 g/mol. The zero-order valence-corrected chi connectivity index (χ0v) is 13.4. The summed E-state index contributed by atoms with van der Waals surface area (Å²) < 4.78 is 24.9. The number of aromatic nitrogens is 2. The third-order valence-electron chi connectivity index (χ3n) is 4.27. The topological polar surface area (TPSA) is 107 Å². The molecule has 1 saturated heterocycles. The maximum Gasteiger partial charge on any atom is 0.272 e. The van der Waals surface area contributed by atoms with E-state index >= 15 is 0 Å². The fraction of sp³-hybridized carbons (Fsp3) is 0.692. The first kappa shape index (κ1) is 15.4. The maximum absolute atomic E-state index is 12.3. The number of nitrogens with zero attached hydrogens (tertiary/aromatic N) is 2. The third kappa shape index (κ3) is 3.01. The van der Waals surface area contributed by atoms with E-state index in [0.717, 1.165) is 37.1 Å². The SMILES string of the molecule is CS(=O)(=O)N1CCC[C@@H]1CNC(=O)c1n[nH]c2c1CNCC2. The van der Waals surface area contributed by atoms with Crippen molar-refractivity contribution in [3.63, 3.8) is 0 Å². The molecule has 9 heteroatoms. The lowest BCUT2D eigenvalue weighted by Crippen LogP contribution is -2.43. The number of carbonyl (C=O) groups excluding carboxylic acids is 1. The first-order chi connectivity index (χ1) is 10.5. The van der Waals surface area contributed by atoms with Gasteiger partial charge in [-0.25, -0.2) is 8.42 Å². The number of hydrogen-bond acceptors (Lipinski definition) is 5. The molecule has 0 spiro atoms. The van der Waals surface area contributed by atoms with E-state index in [2.05, 4.69) is 20.8 Å². The van der Waals surface area contributed by atoms with Gasteiger partial charge in [0, 0.05) is 49.9 Å². The van der Waals surface area contributed by atoms with E-state index in [4.69, 9.17) is 0 Å². The van der Waals surface area contributed by atoms with Crippen molar-refractivity contribution < 1.29 is 13.2 Å². The van der Waals surface area contributed by atoms with Crippen LogP contribution < -0.4 is 10.6 Å². The zero-order valence-electron chi connectivity index (χ0n) is 12.6. The Morgan fingerprint density at radius 2 is 2.32 bits per heavy atom. The quantitative estimate of drug-likeness (QED) is 0.672. The highest BCUT2D eigenvalue weighted by Gasteiger charge is 2.32. The average molecular weight is 327 g/mol. The second-order valence-corrected chi connectivity index (χ2v) is 7.77. The van der Waals surface area contributed by atoms with Gasteiger partial charge in [-0.05, 0) is 12.8 Å². The van der Waals surface area contributed by atoms with Crippen LogP contribution in [0, 0.1) is 0 Å². The van der Waals surface area contributed by atoms with E-state index in [1.807, 2.05) is 0 Å². The van der Waals surface area contributed by atoms with Gasteiger partial charge in [0.15, 0.2) is 5.69 Å². The van der Waals surface area contributed by atoms with Crippen LogP contribution in [0.5, 0.6) is 0 Å². The van der Waals surface area contributed by atoms with Crippen molar-refractivity contribution >= 4 is 15.9 Å². The van der Waals surface area contributed by atoms with Gasteiger partial charge in [-0.3, -0.25) is 9.89 Å². The lowest BCUT2D eigenvalue weighted by molar-refractivity contribution is 0.0940. The van der Waals surface area contributed by atoms with E-state index in [-0.39, 0.29) is 11.9 Å². The van der Waals surface area contributed by atoms with Crippen LogP contribution in [0.2, 0.25) is 0 Å². The molecule has 1 aromatic heterocycles. The van der Waals surface area contributed by atoms with Crippen LogP contribution >= 0.6 is 0 Å². The van der Waals surface area contributed by atoms with Crippen molar-refractivity contribution in [2.45, 2.75) is 31.8 Å². The number of fused-ring (bicyclic) bond motifs is 1. The molecule has 8 nitrogen and oxygen atoms in total. The fourth-order valence-electron chi connectivity index (χ4n) is 3.16. The van der Waals surface area contributed by atoms with Gasteiger partial charge in [0.25, 0.3) is 5.91 Å². The minimum absolute atomic E-state index is 0.160. The molecule has 1 aromatic rings. The summed E-state index contributed by atoms with van der Waals surface area (Å²) in [6, 6.07) is -0.160. The number of rotatable bonds is 4. The molecule has 0 unspecified atom stereocenters. The highest BCUT2D eigenvalue weighted by molar-refractivity contribution is 7.88. The zero-order chi connectivity index (χ0) is 15.7. The molecule has 0 bridgehead atoms. The van der Waals surface area contributed by atoms with Crippen molar-refractivity contribution in [3.8, 4) is 0 Å². The van der Waals surface area contributed by atoms with Crippen molar-refractivity contribution in [2.75, 3.05) is 25.9 Å². The standard InChI is InChI=1S/C13H21N5O3S/c1-22(20,21)18-6-2-3-9(18)7-15-13(19)12-10-8-14-5-4-11(10)16-17-12/h9,14H,2-8H2,1H3,(H,15,19)(H,16,17)/t9-/m1/s1. The first-order valence-corrected chi connectivity index (χ1v) is 9.33. The predicted octanol–water partition coefficient (Wildman–Crippen LogP) is -0.791. The summed E-state index contributed by atoms with van der Waals surface area (Å²) in [5.41, 5.74) is 2.32. The fourth-order valence-corrected chi connectivity index (χ4v) is 4.34. The van der Waals surface area contributed by atoms with Crippen LogP contribution in [0.4, 0.5) is 0 Å². The minimum Gasteiger partial charge on any atom is -0.349 e. The van der Waals surface area contributed by atoms with Crippen LogP contribution in [-0.4, -0.2) is 60.8 Å². The minimum atomic E-state index is -3.22. The summed E-state index contributed by atoms with van der Waals surface area (Å²) in [6.07, 6.45) is 3.64. The molecule has 122 valence electrons. The van der Waals surface area contributed by atoms with Gasteiger partial charge in [-0.2, -0.15) is 9.40 Å². The number of aromatic amines is 1. The lowest BCUT2D eigenvalue weighted by atomic mass is 10.1. The molecule has 2 aliphatic heterocycles. The van der Waals surface area contributed by atoms with Gasteiger partial charge in [0.05, 0.1) is 6.26 Å². The van der Waals surface area contributed by atoms with E-state index in [1.165, 1.54) is 10.6 Å². The lowest BCUT2D eigenvalue weighted by Gasteiger charge is -2.22. The largest absolute Gasteiger partial charge is 0.349 e. The van der Waals surface area contributed by atoms with Crippen LogP contribution in [0.1, 0.15) is 34.6 Å². The molecule has 1 amide bonds. The van der Waals surface area contributed by atoms with E-state index in [0.29, 0.717) is 25.3 Å². The molecular formula is C13H21N5O3S. The van der Waals surface area contributed by atoms with Crippen LogP contribution in [0.15, 0.2) is 0 Å². The molecule has 0 radical (unpaired) electrons. The van der Waals surface area contributed by atoms with Crippen molar-refractivity contribution in [1.82, 2.24) is 25.1 Å². The Labute approximate surface area is 129 Å². The third-order valence-corrected chi connectivity index (χ3v) is 5.60. The molecule has 3 rings (SSSR count).